The molecule has 3 aromatic carbocycles. The summed E-state index contributed by atoms with van der Waals surface area (Å²) in [5.74, 6) is -0.215. The van der Waals surface area contributed by atoms with Crippen molar-refractivity contribution in [1.82, 2.24) is 4.31 Å². The van der Waals surface area contributed by atoms with E-state index in [-0.39, 0.29) is 15.5 Å². The van der Waals surface area contributed by atoms with Gasteiger partial charge in [-0.05, 0) is 89.5 Å². The van der Waals surface area contributed by atoms with Gasteiger partial charge in [-0.2, -0.15) is 4.31 Å². The molecule has 4 rings (SSSR count). The summed E-state index contributed by atoms with van der Waals surface area (Å²) in [6, 6.07) is 19.7. The number of hydrogen-bond donors (Lipinski definition) is 0. The zero-order chi connectivity index (χ0) is 25.9. The molecule has 0 saturated carbocycles. The Kier molecular flexibility index (Phi) is 8.79. The Hall–Kier alpha value is -1.90. The van der Waals surface area contributed by atoms with Gasteiger partial charge in [0.05, 0.1) is 15.6 Å². The molecule has 190 valence electrons. The Labute approximate surface area is 230 Å². The van der Waals surface area contributed by atoms with Gasteiger partial charge in [0.15, 0.2) is 0 Å². The van der Waals surface area contributed by atoms with Crippen molar-refractivity contribution in [1.29, 1.82) is 0 Å². The molecule has 0 amide bonds. The average Bonchev–Trinajstić information content (AvgIpc) is 2.86. The highest BCUT2D eigenvalue weighted by Gasteiger charge is 2.31. The van der Waals surface area contributed by atoms with Crippen LogP contribution in [0.15, 0.2) is 76.1 Å². The van der Waals surface area contributed by atoms with Gasteiger partial charge in [0.2, 0.25) is 10.0 Å². The van der Waals surface area contributed by atoms with Crippen molar-refractivity contribution in [3.8, 4) is 0 Å². The molecule has 1 saturated heterocycles. The van der Waals surface area contributed by atoms with E-state index in [4.69, 9.17) is 27.9 Å². The SMILES string of the molecule is C[C@@H](OC(=O)c1ccc(Cl)c(S(=O)(=O)N2CCC(Cc3ccccc3)CC2)c1)c1ccc(Cl)c(Br)c1. The smallest absolute Gasteiger partial charge is 0.338 e. The van der Waals surface area contributed by atoms with Gasteiger partial charge in [-0.25, -0.2) is 13.2 Å². The van der Waals surface area contributed by atoms with E-state index in [2.05, 4.69) is 28.1 Å². The van der Waals surface area contributed by atoms with Crippen molar-refractivity contribution in [2.24, 2.45) is 5.92 Å². The third-order valence-corrected chi connectivity index (χ3v) is 10.0. The highest BCUT2D eigenvalue weighted by molar-refractivity contribution is 9.10. The summed E-state index contributed by atoms with van der Waals surface area (Å²) in [6.07, 6.45) is 1.90. The quantitative estimate of drug-likeness (QED) is 0.263. The van der Waals surface area contributed by atoms with Crippen LogP contribution in [-0.4, -0.2) is 31.8 Å². The van der Waals surface area contributed by atoms with E-state index in [0.29, 0.717) is 28.5 Å². The molecule has 0 aromatic heterocycles. The van der Waals surface area contributed by atoms with Crippen molar-refractivity contribution in [3.05, 3.63) is 97.9 Å². The summed E-state index contributed by atoms with van der Waals surface area (Å²) in [6.45, 7) is 2.56. The summed E-state index contributed by atoms with van der Waals surface area (Å²) in [5.41, 5.74) is 2.13. The van der Waals surface area contributed by atoms with Crippen molar-refractivity contribution in [2.45, 2.75) is 37.2 Å². The Bertz CT molecular complexity index is 1340. The average molecular weight is 611 g/mol. The van der Waals surface area contributed by atoms with Crippen LogP contribution in [0, 0.1) is 5.92 Å². The molecule has 0 radical (unpaired) electrons. The maximum atomic E-state index is 13.4. The fraction of sp³-hybridized carbons (Fsp3) is 0.296. The van der Waals surface area contributed by atoms with Crippen molar-refractivity contribution in [2.75, 3.05) is 13.1 Å². The first-order chi connectivity index (χ1) is 17.1. The zero-order valence-electron chi connectivity index (χ0n) is 19.7. The maximum absolute atomic E-state index is 13.4. The highest BCUT2D eigenvalue weighted by atomic mass is 79.9. The summed E-state index contributed by atoms with van der Waals surface area (Å²) in [7, 11) is -3.86. The van der Waals surface area contributed by atoms with Crippen LogP contribution >= 0.6 is 39.1 Å². The molecule has 36 heavy (non-hydrogen) atoms. The largest absolute Gasteiger partial charge is 0.454 e. The molecule has 0 N–H and O–H groups in total. The van der Waals surface area contributed by atoms with Gasteiger partial charge in [-0.3, -0.25) is 0 Å². The first kappa shape index (κ1) is 27.1. The number of sulfonamides is 1. The molecule has 1 aliphatic heterocycles. The molecule has 0 aliphatic carbocycles. The molecule has 0 unspecified atom stereocenters. The van der Waals surface area contributed by atoms with E-state index in [9.17, 15) is 13.2 Å². The normalized spacial score (nSPS) is 16.0. The van der Waals surface area contributed by atoms with Gasteiger partial charge < -0.3 is 4.74 Å². The van der Waals surface area contributed by atoms with Crippen LogP contribution in [0.4, 0.5) is 0 Å². The number of carbonyl (C=O) groups excluding carboxylic acids is 1. The third kappa shape index (κ3) is 6.32. The fourth-order valence-electron chi connectivity index (χ4n) is 4.33. The molecule has 5 nitrogen and oxygen atoms in total. The number of esters is 1. The number of hydrogen-bond acceptors (Lipinski definition) is 4. The zero-order valence-corrected chi connectivity index (χ0v) is 23.6. The topological polar surface area (TPSA) is 63.7 Å². The van der Waals surface area contributed by atoms with E-state index in [1.165, 1.54) is 28.1 Å². The number of ether oxygens (including phenoxy) is 1. The standard InChI is InChI=1S/C27H26BrCl2NO4S/c1-18(21-7-9-24(29)23(28)16-21)35-27(32)22-8-10-25(30)26(17-22)36(33,34)31-13-11-20(12-14-31)15-19-5-3-2-4-6-19/h2-10,16-18,20H,11-15H2,1H3/t18-/m1/s1. The van der Waals surface area contributed by atoms with E-state index in [1.54, 1.807) is 25.1 Å². The Morgan fingerprint density at radius 1 is 1.03 bits per heavy atom. The third-order valence-electron chi connectivity index (χ3n) is 6.42. The second-order valence-electron chi connectivity index (χ2n) is 8.90. The van der Waals surface area contributed by atoms with Gasteiger partial charge in [-0.15, -0.1) is 0 Å². The molecule has 1 aliphatic rings. The van der Waals surface area contributed by atoms with Crippen LogP contribution in [0.5, 0.6) is 0 Å². The summed E-state index contributed by atoms with van der Waals surface area (Å²) >= 11 is 15.7. The minimum atomic E-state index is -3.86. The second kappa shape index (κ2) is 11.7. The number of halogens is 3. The lowest BCUT2D eigenvalue weighted by Gasteiger charge is -2.31. The Morgan fingerprint density at radius 2 is 1.69 bits per heavy atom. The van der Waals surface area contributed by atoms with Crippen LogP contribution in [0.25, 0.3) is 0 Å². The summed E-state index contributed by atoms with van der Waals surface area (Å²) < 4.78 is 34.6. The minimum absolute atomic E-state index is 0.0765. The van der Waals surface area contributed by atoms with E-state index in [1.807, 2.05) is 18.2 Å². The molecule has 1 fully saturated rings. The Balaban J connectivity index is 1.45. The predicted molar refractivity (Wildman–Crippen MR) is 146 cm³/mol. The van der Waals surface area contributed by atoms with Crippen molar-refractivity contribution >= 4 is 55.1 Å². The molecule has 0 spiro atoms. The number of nitrogens with zero attached hydrogens (tertiary/aromatic N) is 1. The van der Waals surface area contributed by atoms with Gasteiger partial charge in [0, 0.05) is 17.6 Å². The predicted octanol–water partition coefficient (Wildman–Crippen LogP) is 7.32. The molecule has 1 atom stereocenters. The maximum Gasteiger partial charge on any atom is 0.338 e. The van der Waals surface area contributed by atoms with Crippen molar-refractivity contribution < 1.29 is 17.9 Å². The van der Waals surface area contributed by atoms with E-state index >= 15 is 0 Å². The van der Waals surface area contributed by atoms with E-state index < -0.39 is 22.1 Å². The lowest BCUT2D eigenvalue weighted by Crippen LogP contribution is -2.39. The molecular weight excluding hydrogens is 585 g/mol. The fourth-order valence-corrected chi connectivity index (χ4v) is 6.81. The Morgan fingerprint density at radius 3 is 2.36 bits per heavy atom. The molecule has 9 heteroatoms. The van der Waals surface area contributed by atoms with E-state index in [0.717, 1.165) is 24.8 Å². The van der Waals surface area contributed by atoms with Crippen LogP contribution < -0.4 is 0 Å². The first-order valence-corrected chi connectivity index (χ1v) is 14.6. The van der Waals surface area contributed by atoms with Gasteiger partial charge >= 0.3 is 5.97 Å². The highest BCUT2D eigenvalue weighted by Crippen LogP contribution is 2.32. The number of piperidine rings is 1. The van der Waals surface area contributed by atoms with Gasteiger partial charge in [-0.1, -0.05) is 59.6 Å². The monoisotopic (exact) mass is 609 g/mol. The molecule has 3 aromatic rings. The second-order valence-corrected chi connectivity index (χ2v) is 12.5. The van der Waals surface area contributed by atoms with Gasteiger partial charge in [0.25, 0.3) is 0 Å². The van der Waals surface area contributed by atoms with Crippen LogP contribution in [0.3, 0.4) is 0 Å². The number of rotatable bonds is 7. The number of carbonyl (C=O) groups is 1. The van der Waals surface area contributed by atoms with Gasteiger partial charge in [0.1, 0.15) is 11.0 Å². The lowest BCUT2D eigenvalue weighted by molar-refractivity contribution is 0.0337. The lowest BCUT2D eigenvalue weighted by atomic mass is 9.91. The summed E-state index contributed by atoms with van der Waals surface area (Å²) in [4.78, 5) is 12.8. The van der Waals surface area contributed by atoms with Crippen LogP contribution in [-0.2, 0) is 21.2 Å². The van der Waals surface area contributed by atoms with Crippen LogP contribution in [0.1, 0.15) is 47.4 Å². The molecule has 1 heterocycles. The minimum Gasteiger partial charge on any atom is -0.454 e. The summed E-state index contributed by atoms with van der Waals surface area (Å²) in [5, 5.41) is 0.626. The molecular formula is C27H26BrCl2NO4S. The molecule has 0 bridgehead atoms. The first-order valence-electron chi connectivity index (χ1n) is 11.6. The van der Waals surface area contributed by atoms with Crippen LogP contribution in [0.2, 0.25) is 10.0 Å². The van der Waals surface area contributed by atoms with Crippen molar-refractivity contribution in [3.63, 3.8) is 0 Å². The number of benzene rings is 3.